The van der Waals surface area contributed by atoms with E-state index in [0.717, 1.165) is 10.6 Å². The summed E-state index contributed by atoms with van der Waals surface area (Å²) in [5, 5.41) is 1.54. The van der Waals surface area contributed by atoms with Crippen LogP contribution in [-0.4, -0.2) is 6.21 Å². The van der Waals surface area contributed by atoms with Crippen LogP contribution in [0.5, 0.6) is 0 Å². The number of hydrogen-bond donors (Lipinski definition) is 0. The summed E-state index contributed by atoms with van der Waals surface area (Å²) in [6.45, 7) is 6.16. The minimum atomic E-state index is -2.95. The summed E-state index contributed by atoms with van der Waals surface area (Å²) in [4.78, 5) is 0. The third-order valence-electron chi connectivity index (χ3n) is 2.82. The molecule has 0 aliphatic heterocycles. The molecule has 104 valence electrons. The van der Waals surface area contributed by atoms with Crippen LogP contribution in [0.4, 0.5) is 0 Å². The Kier molecular flexibility index (Phi) is 4.25. The summed E-state index contributed by atoms with van der Waals surface area (Å²) in [7, 11) is -2.95. The van der Waals surface area contributed by atoms with Crippen LogP contribution in [0.3, 0.4) is 0 Å². The third-order valence-corrected chi connectivity index (χ3v) is 5.26. The zero-order valence-corrected chi connectivity index (χ0v) is 13.0. The van der Waals surface area contributed by atoms with Crippen molar-refractivity contribution in [3.05, 3.63) is 60.7 Å². The maximum absolute atomic E-state index is 13.5. The molecule has 2 rings (SSSR count). The normalized spacial score (nSPS) is 12.8. The second-order valence-electron chi connectivity index (χ2n) is 5.86. The Labute approximate surface area is 121 Å². The van der Waals surface area contributed by atoms with Crippen LogP contribution in [0.2, 0.25) is 0 Å². The van der Waals surface area contributed by atoms with Crippen LogP contribution in [0.1, 0.15) is 20.8 Å². The van der Waals surface area contributed by atoms with Gasteiger partial charge in [-0.2, -0.15) is 0 Å². The van der Waals surface area contributed by atoms with E-state index >= 15 is 0 Å². The topological polar surface area (TPSA) is 29.4 Å². The molecule has 0 heterocycles. The molecule has 2 nitrogen and oxygen atoms in total. The second-order valence-corrected chi connectivity index (χ2v) is 8.27. The summed E-state index contributed by atoms with van der Waals surface area (Å²) >= 11 is 0. The van der Waals surface area contributed by atoms with Gasteiger partial charge in [0.05, 0.1) is 0 Å². The van der Waals surface area contributed by atoms with Crippen molar-refractivity contribution in [3.8, 4) is 0 Å². The lowest BCUT2D eigenvalue weighted by Gasteiger charge is -2.17. The lowest BCUT2D eigenvalue weighted by Crippen LogP contribution is -2.16. The number of nitrogens with zero attached hydrogens (tertiary/aromatic N) is 1. The van der Waals surface area contributed by atoms with Crippen molar-refractivity contribution < 1.29 is 4.57 Å². The van der Waals surface area contributed by atoms with Crippen LogP contribution >= 0.6 is 7.29 Å². The van der Waals surface area contributed by atoms with Gasteiger partial charge in [0.2, 0.25) is 7.29 Å². The Balaban J connectivity index is 2.56. The summed E-state index contributed by atoms with van der Waals surface area (Å²) in [6, 6.07) is 19.0. The van der Waals surface area contributed by atoms with E-state index in [1.54, 1.807) is 6.21 Å². The number of hydrogen-bond acceptors (Lipinski definition) is 1. The zero-order chi connectivity index (χ0) is 14.6. The van der Waals surface area contributed by atoms with Gasteiger partial charge in [-0.05, 0) is 29.7 Å². The van der Waals surface area contributed by atoms with Gasteiger partial charge in [0, 0.05) is 16.8 Å². The van der Waals surface area contributed by atoms with E-state index in [1.807, 2.05) is 60.7 Å². The van der Waals surface area contributed by atoms with Gasteiger partial charge in [0.1, 0.15) is 0 Å². The molecule has 0 saturated carbocycles. The largest absolute Gasteiger partial charge is 0.288 e. The van der Waals surface area contributed by atoms with E-state index in [-0.39, 0.29) is 5.41 Å². The molecule has 2 aromatic carbocycles. The minimum Gasteiger partial charge on any atom is -0.288 e. The highest BCUT2D eigenvalue weighted by Gasteiger charge is 2.26. The van der Waals surface area contributed by atoms with Gasteiger partial charge in [-0.25, -0.2) is 4.76 Å². The smallest absolute Gasteiger partial charge is 0.247 e. The first-order chi connectivity index (χ1) is 9.42. The fourth-order valence-electron chi connectivity index (χ4n) is 1.80. The molecule has 0 atom stereocenters. The van der Waals surface area contributed by atoms with Gasteiger partial charge < -0.3 is 0 Å². The van der Waals surface area contributed by atoms with Crippen molar-refractivity contribution in [2.45, 2.75) is 20.8 Å². The monoisotopic (exact) mass is 285 g/mol. The molecule has 0 aliphatic carbocycles. The molecule has 0 N–H and O–H groups in total. The summed E-state index contributed by atoms with van der Waals surface area (Å²) < 4.78 is 18.0. The Morgan fingerprint density at radius 2 is 1.25 bits per heavy atom. The SMILES string of the molecule is CC(C)(C)/C=N/P(=O)(c1ccccc1)c1ccccc1. The Morgan fingerprint density at radius 3 is 1.60 bits per heavy atom. The molecule has 0 amide bonds. The molecule has 3 heteroatoms. The van der Waals surface area contributed by atoms with Crippen molar-refractivity contribution in [1.82, 2.24) is 0 Å². The maximum atomic E-state index is 13.5. The first-order valence-corrected chi connectivity index (χ1v) is 8.36. The van der Waals surface area contributed by atoms with Crippen molar-refractivity contribution >= 4 is 24.1 Å². The minimum absolute atomic E-state index is 0.0980. The molecule has 2 aromatic rings. The predicted octanol–water partition coefficient (Wildman–Crippen LogP) is 4.03. The van der Waals surface area contributed by atoms with Gasteiger partial charge in [-0.3, -0.25) is 4.57 Å². The molecule has 0 fully saturated rings. The Morgan fingerprint density at radius 1 is 0.850 bits per heavy atom. The summed E-state index contributed by atoms with van der Waals surface area (Å²) in [6.07, 6.45) is 1.80. The maximum Gasteiger partial charge on any atom is 0.247 e. The van der Waals surface area contributed by atoms with Gasteiger partial charge in [0.15, 0.2) is 0 Å². The van der Waals surface area contributed by atoms with E-state index < -0.39 is 7.29 Å². The van der Waals surface area contributed by atoms with Crippen LogP contribution in [0.25, 0.3) is 0 Å². The molecular weight excluding hydrogens is 265 g/mol. The molecular formula is C17H20NOP. The first kappa shape index (κ1) is 14.7. The highest BCUT2D eigenvalue weighted by molar-refractivity contribution is 7.77. The van der Waals surface area contributed by atoms with Crippen molar-refractivity contribution in [3.63, 3.8) is 0 Å². The Bertz CT molecular complexity index is 584. The summed E-state index contributed by atoms with van der Waals surface area (Å²) in [5.41, 5.74) is -0.0980. The van der Waals surface area contributed by atoms with E-state index in [1.165, 1.54) is 0 Å². The molecule has 0 radical (unpaired) electrons. The van der Waals surface area contributed by atoms with E-state index in [2.05, 4.69) is 25.5 Å². The van der Waals surface area contributed by atoms with E-state index in [4.69, 9.17) is 0 Å². The molecule has 0 aliphatic rings. The zero-order valence-electron chi connectivity index (χ0n) is 12.2. The molecule has 0 unspecified atom stereocenters. The lowest BCUT2D eigenvalue weighted by molar-refractivity contribution is 0.584. The standard InChI is InChI=1S/C17H20NOP/c1-17(2,3)14-18-20(19,15-10-6-4-7-11-15)16-12-8-5-9-13-16/h4-14H,1-3H3/b18-14+. The average Bonchev–Trinajstić information content (AvgIpc) is 2.46. The van der Waals surface area contributed by atoms with Crippen molar-refractivity contribution in [1.29, 1.82) is 0 Å². The van der Waals surface area contributed by atoms with Crippen LogP contribution in [0.15, 0.2) is 65.4 Å². The van der Waals surface area contributed by atoms with E-state index in [9.17, 15) is 4.57 Å². The van der Waals surface area contributed by atoms with Crippen LogP contribution < -0.4 is 10.6 Å². The lowest BCUT2D eigenvalue weighted by atomic mass is 10.00. The van der Waals surface area contributed by atoms with Gasteiger partial charge in [-0.15, -0.1) is 0 Å². The second kappa shape index (κ2) is 5.76. The summed E-state index contributed by atoms with van der Waals surface area (Å²) in [5.74, 6) is 0. The highest BCUT2D eigenvalue weighted by atomic mass is 31.2. The average molecular weight is 285 g/mol. The molecule has 0 saturated heterocycles. The molecule has 20 heavy (non-hydrogen) atoms. The van der Waals surface area contributed by atoms with Crippen LogP contribution in [0, 0.1) is 5.41 Å². The third kappa shape index (κ3) is 3.46. The van der Waals surface area contributed by atoms with Crippen LogP contribution in [-0.2, 0) is 4.57 Å². The predicted molar refractivity (Wildman–Crippen MR) is 87.7 cm³/mol. The van der Waals surface area contributed by atoms with Crippen molar-refractivity contribution in [2.24, 2.45) is 10.2 Å². The van der Waals surface area contributed by atoms with Crippen molar-refractivity contribution in [2.75, 3.05) is 0 Å². The molecule has 0 aromatic heterocycles. The first-order valence-electron chi connectivity index (χ1n) is 6.70. The molecule has 0 bridgehead atoms. The van der Waals surface area contributed by atoms with Gasteiger partial charge in [-0.1, -0.05) is 57.2 Å². The Hall–Kier alpha value is -1.66. The van der Waals surface area contributed by atoms with E-state index in [0.29, 0.717) is 0 Å². The van der Waals surface area contributed by atoms with Gasteiger partial charge in [0.25, 0.3) is 0 Å². The molecule has 0 spiro atoms. The highest BCUT2D eigenvalue weighted by Crippen LogP contribution is 2.45. The number of rotatable bonds is 3. The van der Waals surface area contributed by atoms with Gasteiger partial charge >= 0.3 is 0 Å². The fraction of sp³-hybridized carbons (Fsp3) is 0.235. The quantitative estimate of drug-likeness (QED) is 0.618. The number of benzene rings is 2. The fourth-order valence-corrected chi connectivity index (χ4v) is 4.02.